The minimum absolute atomic E-state index is 0. The zero-order valence-corrected chi connectivity index (χ0v) is 16.4. The summed E-state index contributed by atoms with van der Waals surface area (Å²) in [6, 6.07) is 11.3. The average molecular weight is 413 g/mol. The maximum atomic E-state index is 12.6. The highest BCUT2D eigenvalue weighted by Gasteiger charge is 2.18. The minimum atomic E-state index is -0.229. The highest BCUT2D eigenvalue weighted by molar-refractivity contribution is 6.03. The number of halogens is 1. The number of anilines is 1. The lowest BCUT2D eigenvalue weighted by Crippen LogP contribution is -2.32. The van der Waals surface area contributed by atoms with E-state index in [1.807, 2.05) is 41.2 Å². The van der Waals surface area contributed by atoms with Gasteiger partial charge < -0.3 is 20.0 Å². The lowest BCUT2D eigenvalue weighted by atomic mass is 10.1. The van der Waals surface area contributed by atoms with Crippen LogP contribution in [0.4, 0.5) is 5.69 Å². The van der Waals surface area contributed by atoms with Gasteiger partial charge in [0.2, 0.25) is 0 Å². The van der Waals surface area contributed by atoms with Crippen LogP contribution in [-0.2, 0) is 0 Å². The molecule has 1 aliphatic rings. The molecule has 1 amide bonds. The molecule has 0 radical (unpaired) electrons. The summed E-state index contributed by atoms with van der Waals surface area (Å²) in [6.45, 7) is 1.93. The summed E-state index contributed by atoms with van der Waals surface area (Å²) in [6.07, 6.45) is 5.68. The number of amides is 1. The molecule has 4 heterocycles. The van der Waals surface area contributed by atoms with Crippen LogP contribution < -0.4 is 10.6 Å². The third kappa shape index (κ3) is 3.90. The van der Waals surface area contributed by atoms with Gasteiger partial charge in [-0.3, -0.25) is 9.48 Å². The quantitative estimate of drug-likeness (QED) is 0.475. The zero-order chi connectivity index (χ0) is 18.9. The topological polar surface area (TPSA) is 101 Å². The lowest BCUT2D eigenvalue weighted by Gasteiger charge is -2.22. The summed E-state index contributed by atoms with van der Waals surface area (Å²) in [7, 11) is 0. The Labute approximate surface area is 173 Å². The van der Waals surface area contributed by atoms with E-state index < -0.39 is 0 Å². The SMILES string of the molecule is Cl.O=C(Nc1ccc2nc(-c3ccco3)[nH]c2c1)c1ccn(C2CCCNC2)n1. The molecular weight excluding hydrogens is 392 g/mol. The first-order valence-electron chi connectivity index (χ1n) is 9.37. The molecule has 29 heavy (non-hydrogen) atoms. The van der Waals surface area contributed by atoms with Crippen molar-refractivity contribution in [3.63, 3.8) is 0 Å². The summed E-state index contributed by atoms with van der Waals surface area (Å²) < 4.78 is 7.26. The van der Waals surface area contributed by atoms with Gasteiger partial charge >= 0.3 is 0 Å². The number of aromatic amines is 1. The van der Waals surface area contributed by atoms with E-state index in [0.717, 1.165) is 37.0 Å². The number of carbonyl (C=O) groups is 1. The van der Waals surface area contributed by atoms with E-state index in [9.17, 15) is 4.79 Å². The van der Waals surface area contributed by atoms with Gasteiger partial charge in [-0.2, -0.15) is 5.10 Å². The van der Waals surface area contributed by atoms with Crippen LogP contribution in [0.3, 0.4) is 0 Å². The van der Waals surface area contributed by atoms with E-state index >= 15 is 0 Å². The number of benzene rings is 1. The molecule has 1 atom stereocenters. The molecule has 1 fully saturated rings. The van der Waals surface area contributed by atoms with Gasteiger partial charge in [0.1, 0.15) is 0 Å². The Hall–Kier alpha value is -3.10. The van der Waals surface area contributed by atoms with Gasteiger partial charge in [0.25, 0.3) is 5.91 Å². The smallest absolute Gasteiger partial charge is 0.276 e. The van der Waals surface area contributed by atoms with Gasteiger partial charge in [-0.25, -0.2) is 4.98 Å². The summed E-state index contributed by atoms with van der Waals surface area (Å²) in [4.78, 5) is 20.3. The molecule has 1 aromatic carbocycles. The number of rotatable bonds is 4. The Morgan fingerprint density at radius 2 is 2.21 bits per heavy atom. The van der Waals surface area contributed by atoms with Crippen molar-refractivity contribution in [2.24, 2.45) is 0 Å². The Kier molecular flexibility index (Phi) is 5.37. The third-order valence-corrected chi connectivity index (χ3v) is 4.98. The van der Waals surface area contributed by atoms with Gasteiger partial charge in [0.05, 0.1) is 23.3 Å². The predicted octanol–water partition coefficient (Wildman–Crippen LogP) is 3.62. The molecule has 0 aliphatic carbocycles. The van der Waals surface area contributed by atoms with Gasteiger partial charge in [-0.15, -0.1) is 12.4 Å². The Morgan fingerprint density at radius 3 is 3.00 bits per heavy atom. The number of furan rings is 1. The van der Waals surface area contributed by atoms with Crippen LogP contribution in [-0.4, -0.2) is 38.7 Å². The molecule has 3 aromatic heterocycles. The first kappa shape index (κ1) is 19.2. The number of aromatic nitrogens is 4. The maximum Gasteiger partial charge on any atom is 0.276 e. The van der Waals surface area contributed by atoms with Crippen molar-refractivity contribution in [2.45, 2.75) is 18.9 Å². The monoisotopic (exact) mass is 412 g/mol. The second-order valence-electron chi connectivity index (χ2n) is 6.93. The third-order valence-electron chi connectivity index (χ3n) is 4.98. The first-order chi connectivity index (χ1) is 13.8. The second-order valence-corrected chi connectivity index (χ2v) is 6.93. The Bertz CT molecular complexity index is 1110. The highest BCUT2D eigenvalue weighted by Crippen LogP contribution is 2.23. The zero-order valence-electron chi connectivity index (χ0n) is 15.6. The van der Waals surface area contributed by atoms with E-state index in [2.05, 4.69) is 25.7 Å². The number of imidazole rings is 1. The second kappa shape index (κ2) is 8.10. The fourth-order valence-corrected chi connectivity index (χ4v) is 3.53. The summed E-state index contributed by atoms with van der Waals surface area (Å²) >= 11 is 0. The lowest BCUT2D eigenvalue weighted by molar-refractivity contribution is 0.102. The molecule has 0 saturated carbocycles. The number of nitrogens with one attached hydrogen (secondary N) is 3. The van der Waals surface area contributed by atoms with Crippen molar-refractivity contribution in [3.8, 4) is 11.6 Å². The molecular formula is C20H21ClN6O2. The summed E-state index contributed by atoms with van der Waals surface area (Å²) in [5.41, 5.74) is 2.72. The maximum absolute atomic E-state index is 12.6. The number of piperidine rings is 1. The predicted molar refractivity (Wildman–Crippen MR) is 112 cm³/mol. The molecule has 1 aliphatic heterocycles. The first-order valence-corrected chi connectivity index (χ1v) is 9.37. The van der Waals surface area contributed by atoms with Gasteiger partial charge in [0, 0.05) is 18.4 Å². The number of H-pyrrole nitrogens is 1. The van der Waals surface area contributed by atoms with Crippen LogP contribution in [0, 0.1) is 0 Å². The molecule has 3 N–H and O–H groups in total. The largest absolute Gasteiger partial charge is 0.461 e. The molecule has 4 aromatic rings. The van der Waals surface area contributed by atoms with Gasteiger partial charge in [-0.05, 0) is 55.8 Å². The average Bonchev–Trinajstić information content (AvgIpc) is 3.47. The van der Waals surface area contributed by atoms with Gasteiger partial charge in [0.15, 0.2) is 17.3 Å². The molecule has 1 unspecified atom stereocenters. The molecule has 5 rings (SSSR count). The number of nitrogens with zero attached hydrogens (tertiary/aromatic N) is 3. The number of hydrogen-bond acceptors (Lipinski definition) is 5. The van der Waals surface area contributed by atoms with Crippen molar-refractivity contribution < 1.29 is 9.21 Å². The standard InChI is InChI=1S/C20H20N6O2.ClH/c27-20(16-7-9-26(25-16)14-3-1-8-21-12-14)22-13-5-6-15-17(11-13)24-19(23-15)18-4-2-10-28-18;/h2,4-7,9-11,14,21H,1,3,8,12H2,(H,22,27)(H,23,24);1H. The molecule has 8 nitrogen and oxygen atoms in total. The van der Waals surface area contributed by atoms with E-state index in [0.29, 0.717) is 29.0 Å². The van der Waals surface area contributed by atoms with Crippen molar-refractivity contribution in [3.05, 3.63) is 54.6 Å². The Balaban J connectivity index is 0.00000205. The van der Waals surface area contributed by atoms with Gasteiger partial charge in [-0.1, -0.05) is 0 Å². The van der Waals surface area contributed by atoms with Crippen LogP contribution in [0.15, 0.2) is 53.3 Å². The molecule has 9 heteroatoms. The number of fused-ring (bicyclic) bond motifs is 1. The summed E-state index contributed by atoms with van der Waals surface area (Å²) in [5, 5.41) is 10.7. The van der Waals surface area contributed by atoms with E-state index in [1.54, 1.807) is 12.3 Å². The van der Waals surface area contributed by atoms with Crippen LogP contribution in [0.2, 0.25) is 0 Å². The van der Waals surface area contributed by atoms with Crippen LogP contribution in [0.5, 0.6) is 0 Å². The van der Waals surface area contributed by atoms with Crippen molar-refractivity contribution in [2.75, 3.05) is 18.4 Å². The fourth-order valence-electron chi connectivity index (χ4n) is 3.53. The van der Waals surface area contributed by atoms with Crippen LogP contribution in [0.1, 0.15) is 29.4 Å². The molecule has 1 saturated heterocycles. The number of hydrogen-bond donors (Lipinski definition) is 3. The van der Waals surface area contributed by atoms with Crippen LogP contribution in [0.25, 0.3) is 22.6 Å². The highest BCUT2D eigenvalue weighted by atomic mass is 35.5. The van der Waals surface area contributed by atoms with E-state index in [4.69, 9.17) is 4.42 Å². The van der Waals surface area contributed by atoms with E-state index in [1.165, 1.54) is 0 Å². The minimum Gasteiger partial charge on any atom is -0.461 e. The molecule has 0 bridgehead atoms. The van der Waals surface area contributed by atoms with Crippen LogP contribution >= 0.6 is 12.4 Å². The normalized spacial score (nSPS) is 16.5. The van der Waals surface area contributed by atoms with Crippen molar-refractivity contribution >= 4 is 35.0 Å². The molecule has 150 valence electrons. The van der Waals surface area contributed by atoms with E-state index in [-0.39, 0.29) is 18.3 Å². The van der Waals surface area contributed by atoms with Crippen molar-refractivity contribution in [1.29, 1.82) is 0 Å². The fraction of sp³-hybridized carbons (Fsp3) is 0.250. The number of carbonyl (C=O) groups excluding carboxylic acids is 1. The van der Waals surface area contributed by atoms with Crippen molar-refractivity contribution in [1.82, 2.24) is 25.1 Å². The summed E-state index contributed by atoms with van der Waals surface area (Å²) in [5.74, 6) is 1.10. The molecule has 0 spiro atoms. The Morgan fingerprint density at radius 1 is 1.28 bits per heavy atom.